The molecule has 0 saturated carbocycles. The van der Waals surface area contributed by atoms with E-state index in [0.717, 1.165) is 5.69 Å². The van der Waals surface area contributed by atoms with E-state index in [1.165, 1.54) is 6.92 Å². The molecule has 1 aromatic rings. The number of carbonyl (C=O) groups excluding carboxylic acids is 1. The Labute approximate surface area is 70.6 Å². The minimum absolute atomic E-state index is 0.105. The van der Waals surface area contributed by atoms with Gasteiger partial charge in [-0.2, -0.15) is 4.68 Å². The number of aromatic nitrogens is 2. The van der Waals surface area contributed by atoms with Crippen LogP contribution in [0.2, 0.25) is 0 Å². The van der Waals surface area contributed by atoms with Crippen molar-refractivity contribution < 1.29 is 4.79 Å². The topological polar surface area (TPSA) is 39.2 Å². The van der Waals surface area contributed by atoms with Crippen molar-refractivity contribution in [3.05, 3.63) is 22.7 Å². The van der Waals surface area contributed by atoms with Gasteiger partial charge >= 0.3 is 5.82 Å². The van der Waals surface area contributed by atoms with Crippen molar-refractivity contribution in [3.63, 3.8) is 0 Å². The molecule has 0 aliphatic heterocycles. The van der Waals surface area contributed by atoms with Crippen molar-refractivity contribution in [3.8, 4) is 0 Å². The Balaban J connectivity index is 3.44. The molecule has 4 nitrogen and oxygen atoms in total. The normalized spacial score (nSPS) is 9.50. The summed E-state index contributed by atoms with van der Waals surface area (Å²) in [5, 5.41) is 3.89. The fourth-order valence-corrected chi connectivity index (χ4v) is 1.08. The summed E-state index contributed by atoms with van der Waals surface area (Å²) in [7, 11) is 1.72. The van der Waals surface area contributed by atoms with Crippen LogP contribution in [-0.4, -0.2) is 15.6 Å². The number of hydrogen-bond donors (Lipinski definition) is 0. The third-order valence-corrected chi connectivity index (χ3v) is 1.77. The van der Waals surface area contributed by atoms with Gasteiger partial charge in [0.25, 0.3) is 0 Å². The standard InChI is InChI=1S/C8H9N3O/c1-5-7(6(2)12)8(9-3)10-11(5)4/h1-2,4H3. The monoisotopic (exact) mass is 163 g/mol. The van der Waals surface area contributed by atoms with Crippen molar-refractivity contribution in [2.45, 2.75) is 13.8 Å². The summed E-state index contributed by atoms with van der Waals surface area (Å²) in [6, 6.07) is 0. The van der Waals surface area contributed by atoms with E-state index in [1.807, 2.05) is 0 Å². The molecule has 0 fully saturated rings. The molecule has 0 N–H and O–H groups in total. The molecule has 0 amide bonds. The maximum absolute atomic E-state index is 11.1. The Kier molecular flexibility index (Phi) is 1.96. The maximum Gasteiger partial charge on any atom is 0.306 e. The van der Waals surface area contributed by atoms with Gasteiger partial charge in [-0.05, 0) is 18.9 Å². The first kappa shape index (κ1) is 8.47. The van der Waals surface area contributed by atoms with Crippen LogP contribution in [0.15, 0.2) is 0 Å². The minimum atomic E-state index is -0.105. The van der Waals surface area contributed by atoms with Gasteiger partial charge in [0.05, 0.1) is 11.3 Å². The second kappa shape index (κ2) is 2.78. The van der Waals surface area contributed by atoms with Crippen LogP contribution < -0.4 is 0 Å². The van der Waals surface area contributed by atoms with E-state index in [4.69, 9.17) is 6.57 Å². The molecule has 0 bridgehead atoms. The van der Waals surface area contributed by atoms with Crippen molar-refractivity contribution in [2.75, 3.05) is 0 Å². The smallest absolute Gasteiger partial charge is 0.306 e. The molecular weight excluding hydrogens is 154 g/mol. The molecule has 1 heterocycles. The zero-order valence-corrected chi connectivity index (χ0v) is 7.25. The van der Waals surface area contributed by atoms with Crippen LogP contribution in [0.1, 0.15) is 23.0 Å². The summed E-state index contributed by atoms with van der Waals surface area (Å²) in [6.45, 7) is 10.0. The van der Waals surface area contributed by atoms with Gasteiger partial charge in [-0.3, -0.25) is 4.79 Å². The largest absolute Gasteiger partial charge is 0.358 e. The van der Waals surface area contributed by atoms with E-state index in [0.29, 0.717) is 5.56 Å². The number of carbonyl (C=O) groups is 1. The predicted molar refractivity (Wildman–Crippen MR) is 44.2 cm³/mol. The van der Waals surface area contributed by atoms with Crippen LogP contribution in [0.4, 0.5) is 5.82 Å². The highest BCUT2D eigenvalue weighted by Gasteiger charge is 2.17. The number of rotatable bonds is 1. The molecule has 1 aromatic heterocycles. The van der Waals surface area contributed by atoms with E-state index < -0.39 is 0 Å². The van der Waals surface area contributed by atoms with Crippen LogP contribution in [-0.2, 0) is 7.05 Å². The molecule has 62 valence electrons. The third kappa shape index (κ3) is 1.10. The highest BCUT2D eigenvalue weighted by molar-refractivity contribution is 6.00. The number of Topliss-reactive ketones (excluding diaryl/α,β-unsaturated/α-hetero) is 1. The summed E-state index contributed by atoms with van der Waals surface area (Å²) in [5.41, 5.74) is 1.18. The van der Waals surface area contributed by atoms with E-state index in [1.54, 1.807) is 18.7 Å². The molecule has 4 heteroatoms. The lowest BCUT2D eigenvalue weighted by atomic mass is 10.2. The van der Waals surface area contributed by atoms with Crippen LogP contribution in [0.5, 0.6) is 0 Å². The molecule has 1 rings (SSSR count). The first-order valence-corrected chi connectivity index (χ1v) is 3.50. The second-order valence-corrected chi connectivity index (χ2v) is 2.58. The quantitative estimate of drug-likeness (QED) is 0.464. The van der Waals surface area contributed by atoms with Crippen LogP contribution >= 0.6 is 0 Å². The van der Waals surface area contributed by atoms with E-state index >= 15 is 0 Å². The minimum Gasteiger partial charge on any atom is -0.358 e. The van der Waals surface area contributed by atoms with Crippen molar-refractivity contribution in [2.24, 2.45) is 7.05 Å². The van der Waals surface area contributed by atoms with Gasteiger partial charge in [-0.15, -0.1) is 0 Å². The van der Waals surface area contributed by atoms with Crippen molar-refractivity contribution >= 4 is 11.6 Å². The van der Waals surface area contributed by atoms with Gasteiger partial charge in [0.2, 0.25) is 0 Å². The molecule has 0 spiro atoms. The Bertz CT molecular complexity index is 370. The molecule has 0 saturated heterocycles. The zero-order chi connectivity index (χ0) is 9.30. The fourth-order valence-electron chi connectivity index (χ4n) is 1.08. The molecule has 0 aliphatic carbocycles. The average Bonchev–Trinajstić information content (AvgIpc) is 2.28. The number of ketones is 1. The first-order chi connectivity index (χ1) is 5.57. The molecular formula is C8H9N3O. The van der Waals surface area contributed by atoms with Gasteiger partial charge < -0.3 is 4.85 Å². The summed E-state index contributed by atoms with van der Waals surface area (Å²) in [5.74, 6) is 0.0918. The van der Waals surface area contributed by atoms with Gasteiger partial charge in [0.1, 0.15) is 0 Å². The highest BCUT2D eigenvalue weighted by atomic mass is 16.1. The summed E-state index contributed by atoms with van der Waals surface area (Å²) < 4.78 is 1.55. The molecule has 0 atom stereocenters. The Morgan fingerprint density at radius 1 is 1.67 bits per heavy atom. The van der Waals surface area contributed by atoms with Crippen LogP contribution in [0.3, 0.4) is 0 Å². The zero-order valence-electron chi connectivity index (χ0n) is 7.25. The Morgan fingerprint density at radius 3 is 2.58 bits per heavy atom. The Morgan fingerprint density at radius 2 is 2.25 bits per heavy atom. The van der Waals surface area contributed by atoms with Crippen molar-refractivity contribution in [1.29, 1.82) is 0 Å². The van der Waals surface area contributed by atoms with E-state index in [9.17, 15) is 4.79 Å². The number of aryl methyl sites for hydroxylation is 1. The highest BCUT2D eigenvalue weighted by Crippen LogP contribution is 2.20. The van der Waals surface area contributed by atoms with Gasteiger partial charge in [-0.1, -0.05) is 6.57 Å². The van der Waals surface area contributed by atoms with Crippen LogP contribution in [0, 0.1) is 13.5 Å². The van der Waals surface area contributed by atoms with Gasteiger partial charge in [0, 0.05) is 7.05 Å². The SMILES string of the molecule is [C-]#[N+]c1nn(C)c(C)c1C(C)=O. The predicted octanol–water partition coefficient (Wildman–Crippen LogP) is 1.48. The lowest BCUT2D eigenvalue weighted by Crippen LogP contribution is -1.97. The summed E-state index contributed by atoms with van der Waals surface area (Å²) >= 11 is 0. The molecule has 12 heavy (non-hydrogen) atoms. The maximum atomic E-state index is 11.1. The van der Waals surface area contributed by atoms with Gasteiger partial charge in [0.15, 0.2) is 5.78 Å². The molecule has 0 aliphatic rings. The lowest BCUT2D eigenvalue weighted by molar-refractivity contribution is 0.101. The van der Waals surface area contributed by atoms with Gasteiger partial charge in [-0.25, -0.2) is 0 Å². The molecule has 0 aromatic carbocycles. The summed E-state index contributed by atoms with van der Waals surface area (Å²) in [6.07, 6.45) is 0. The lowest BCUT2D eigenvalue weighted by Gasteiger charge is -1.92. The average molecular weight is 163 g/mol. The molecule has 0 radical (unpaired) electrons. The fraction of sp³-hybridized carbons (Fsp3) is 0.375. The van der Waals surface area contributed by atoms with Crippen molar-refractivity contribution in [1.82, 2.24) is 9.78 Å². The van der Waals surface area contributed by atoms with E-state index in [-0.39, 0.29) is 11.6 Å². The van der Waals surface area contributed by atoms with E-state index in [2.05, 4.69) is 9.94 Å². The Hall–Kier alpha value is -1.63. The number of nitrogens with zero attached hydrogens (tertiary/aromatic N) is 3. The van der Waals surface area contributed by atoms with Crippen LogP contribution in [0.25, 0.3) is 4.85 Å². The third-order valence-electron chi connectivity index (χ3n) is 1.77. The summed E-state index contributed by atoms with van der Waals surface area (Å²) in [4.78, 5) is 14.2. The second-order valence-electron chi connectivity index (χ2n) is 2.58. The molecule has 0 unspecified atom stereocenters. The first-order valence-electron chi connectivity index (χ1n) is 3.50. The number of hydrogen-bond acceptors (Lipinski definition) is 2.